The molecular weight excluding hydrogens is 440 g/mol. The van der Waals surface area contributed by atoms with Crippen molar-refractivity contribution in [3.8, 4) is 5.75 Å². The van der Waals surface area contributed by atoms with Gasteiger partial charge in [0.25, 0.3) is 5.91 Å². The Bertz CT molecular complexity index is 1020. The largest absolute Gasteiger partial charge is 0.495 e. The van der Waals surface area contributed by atoms with E-state index in [4.69, 9.17) is 16.3 Å². The van der Waals surface area contributed by atoms with E-state index in [1.54, 1.807) is 0 Å². The number of sulfonamides is 1. The first-order valence-electron chi connectivity index (χ1n) is 9.67. The van der Waals surface area contributed by atoms with Gasteiger partial charge in [-0.05, 0) is 49.7 Å². The number of nitrogens with one attached hydrogen (secondary N) is 1. The number of rotatable bonds is 10. The van der Waals surface area contributed by atoms with Crippen LogP contribution in [-0.4, -0.2) is 53.5 Å². The standard InChI is InChI=1S/C21H27ClN4O4S/c1-5-25(6-2)17-9-7-16(8-10-17)14-23-24-21(27)15-26(31(4,28)29)18-11-12-20(30-3)19(22)13-18/h7-14H,5-6,15H2,1-4H3,(H,24,27)/b23-14-. The van der Waals surface area contributed by atoms with E-state index in [0.717, 1.165) is 34.9 Å². The second-order valence-corrected chi connectivity index (χ2v) is 8.96. The Morgan fingerprint density at radius 2 is 1.74 bits per heavy atom. The quantitative estimate of drug-likeness (QED) is 0.429. The molecule has 0 unspecified atom stereocenters. The summed E-state index contributed by atoms with van der Waals surface area (Å²) in [6.07, 6.45) is 2.51. The van der Waals surface area contributed by atoms with Crippen LogP contribution in [-0.2, 0) is 14.8 Å². The van der Waals surface area contributed by atoms with Crippen molar-refractivity contribution in [1.29, 1.82) is 0 Å². The van der Waals surface area contributed by atoms with Gasteiger partial charge in [0.1, 0.15) is 12.3 Å². The lowest BCUT2D eigenvalue weighted by molar-refractivity contribution is -0.119. The Morgan fingerprint density at radius 3 is 2.26 bits per heavy atom. The van der Waals surface area contributed by atoms with E-state index in [2.05, 4.69) is 29.3 Å². The first-order chi connectivity index (χ1) is 14.7. The van der Waals surface area contributed by atoms with Gasteiger partial charge in [-0.1, -0.05) is 23.7 Å². The topological polar surface area (TPSA) is 91.3 Å². The molecule has 1 amide bonds. The summed E-state index contributed by atoms with van der Waals surface area (Å²) >= 11 is 6.09. The molecule has 0 aliphatic rings. The molecule has 0 aromatic heterocycles. The van der Waals surface area contributed by atoms with Crippen LogP contribution in [0.4, 0.5) is 11.4 Å². The highest BCUT2D eigenvalue weighted by Crippen LogP contribution is 2.30. The number of anilines is 2. The molecule has 2 aromatic rings. The van der Waals surface area contributed by atoms with Crippen molar-refractivity contribution in [2.75, 3.05) is 42.2 Å². The van der Waals surface area contributed by atoms with Crippen LogP contribution in [0.5, 0.6) is 5.75 Å². The molecule has 8 nitrogen and oxygen atoms in total. The van der Waals surface area contributed by atoms with E-state index >= 15 is 0 Å². The summed E-state index contributed by atoms with van der Waals surface area (Å²) in [5, 5.41) is 4.16. The predicted molar refractivity (Wildman–Crippen MR) is 126 cm³/mol. The van der Waals surface area contributed by atoms with E-state index in [9.17, 15) is 13.2 Å². The summed E-state index contributed by atoms with van der Waals surface area (Å²) in [5.74, 6) is -0.187. The number of halogens is 1. The van der Waals surface area contributed by atoms with Crippen molar-refractivity contribution in [2.24, 2.45) is 5.10 Å². The molecule has 0 saturated carbocycles. The number of methoxy groups -OCH3 is 1. The van der Waals surface area contributed by atoms with Gasteiger partial charge >= 0.3 is 0 Å². The normalized spacial score (nSPS) is 11.4. The SMILES string of the molecule is CCN(CC)c1ccc(/C=N\NC(=O)CN(c2ccc(OC)c(Cl)c2)S(C)(=O)=O)cc1. The van der Waals surface area contributed by atoms with Crippen LogP contribution in [0.2, 0.25) is 5.02 Å². The number of amides is 1. The van der Waals surface area contributed by atoms with Crippen LogP contribution in [0.1, 0.15) is 19.4 Å². The zero-order valence-corrected chi connectivity index (χ0v) is 19.6. The molecule has 0 spiro atoms. The molecule has 2 rings (SSSR count). The fourth-order valence-corrected chi connectivity index (χ4v) is 4.02. The molecule has 0 radical (unpaired) electrons. The maximum absolute atomic E-state index is 12.3. The number of hydrazone groups is 1. The van der Waals surface area contributed by atoms with Crippen LogP contribution in [0.25, 0.3) is 0 Å². The first-order valence-corrected chi connectivity index (χ1v) is 11.9. The maximum atomic E-state index is 12.3. The minimum Gasteiger partial charge on any atom is -0.495 e. The molecule has 0 bridgehead atoms. The van der Waals surface area contributed by atoms with Crippen molar-refractivity contribution in [2.45, 2.75) is 13.8 Å². The Labute approximate surface area is 188 Å². The lowest BCUT2D eigenvalue weighted by atomic mass is 10.2. The van der Waals surface area contributed by atoms with E-state index in [0.29, 0.717) is 5.75 Å². The molecule has 2 aromatic carbocycles. The van der Waals surface area contributed by atoms with E-state index in [1.807, 2.05) is 24.3 Å². The average molecular weight is 467 g/mol. The second kappa shape index (κ2) is 11.0. The predicted octanol–water partition coefficient (Wildman–Crippen LogP) is 3.11. The third kappa shape index (κ3) is 6.86. The molecule has 0 saturated heterocycles. The number of benzene rings is 2. The Morgan fingerprint density at radius 1 is 1.13 bits per heavy atom. The number of nitrogens with zero attached hydrogens (tertiary/aromatic N) is 3. The minimum atomic E-state index is -3.73. The molecule has 0 heterocycles. The Balaban J connectivity index is 2.06. The molecule has 31 heavy (non-hydrogen) atoms. The maximum Gasteiger partial charge on any atom is 0.260 e. The summed E-state index contributed by atoms with van der Waals surface area (Å²) < 4.78 is 30.4. The fourth-order valence-electron chi connectivity index (χ4n) is 2.91. The van der Waals surface area contributed by atoms with Crippen LogP contribution in [0, 0.1) is 0 Å². The lowest BCUT2D eigenvalue weighted by Gasteiger charge is -2.22. The van der Waals surface area contributed by atoms with Gasteiger partial charge in [0, 0.05) is 18.8 Å². The van der Waals surface area contributed by atoms with E-state index in [1.165, 1.54) is 31.5 Å². The third-order valence-electron chi connectivity index (χ3n) is 4.54. The highest BCUT2D eigenvalue weighted by Gasteiger charge is 2.21. The summed E-state index contributed by atoms with van der Waals surface area (Å²) in [4.78, 5) is 14.5. The van der Waals surface area contributed by atoms with Crippen LogP contribution in [0.3, 0.4) is 0 Å². The zero-order chi connectivity index (χ0) is 23.0. The number of carbonyl (C=O) groups excluding carboxylic acids is 1. The number of hydrogen-bond donors (Lipinski definition) is 1. The highest BCUT2D eigenvalue weighted by atomic mass is 35.5. The lowest BCUT2D eigenvalue weighted by Crippen LogP contribution is -2.39. The second-order valence-electron chi connectivity index (χ2n) is 6.65. The molecule has 168 valence electrons. The highest BCUT2D eigenvalue weighted by molar-refractivity contribution is 7.92. The van der Waals surface area contributed by atoms with E-state index in [-0.39, 0.29) is 10.7 Å². The van der Waals surface area contributed by atoms with Crippen LogP contribution >= 0.6 is 11.6 Å². The van der Waals surface area contributed by atoms with Gasteiger partial charge in [0.2, 0.25) is 10.0 Å². The van der Waals surface area contributed by atoms with Gasteiger partial charge < -0.3 is 9.64 Å². The monoisotopic (exact) mass is 466 g/mol. The van der Waals surface area contributed by atoms with Crippen molar-refractivity contribution >= 4 is 45.1 Å². The van der Waals surface area contributed by atoms with Gasteiger partial charge in [0.15, 0.2) is 0 Å². The molecule has 0 aliphatic carbocycles. The third-order valence-corrected chi connectivity index (χ3v) is 5.97. The summed E-state index contributed by atoms with van der Waals surface area (Å²) in [6, 6.07) is 12.2. The number of carbonyl (C=O) groups is 1. The number of ether oxygens (including phenoxy) is 1. The van der Waals surface area contributed by atoms with Gasteiger partial charge in [-0.25, -0.2) is 13.8 Å². The fraction of sp³-hybridized carbons (Fsp3) is 0.333. The summed E-state index contributed by atoms with van der Waals surface area (Å²) in [7, 11) is -2.27. The van der Waals surface area contributed by atoms with Crippen molar-refractivity contribution < 1.29 is 17.9 Å². The van der Waals surface area contributed by atoms with Crippen LogP contribution in [0.15, 0.2) is 47.6 Å². The van der Waals surface area contributed by atoms with Gasteiger partial charge in [-0.2, -0.15) is 5.10 Å². The van der Waals surface area contributed by atoms with Crippen molar-refractivity contribution in [3.63, 3.8) is 0 Å². The van der Waals surface area contributed by atoms with E-state index < -0.39 is 22.5 Å². The van der Waals surface area contributed by atoms with Crippen molar-refractivity contribution in [3.05, 3.63) is 53.1 Å². The first kappa shape index (κ1) is 24.5. The minimum absolute atomic E-state index is 0.236. The molecule has 0 atom stereocenters. The molecule has 1 N–H and O–H groups in total. The van der Waals surface area contributed by atoms with Crippen molar-refractivity contribution in [1.82, 2.24) is 5.43 Å². The molecular formula is C21H27ClN4O4S. The van der Waals surface area contributed by atoms with Gasteiger partial charge in [0.05, 0.1) is 30.3 Å². The molecule has 0 aliphatic heterocycles. The van der Waals surface area contributed by atoms with Gasteiger partial charge in [-0.3, -0.25) is 9.10 Å². The van der Waals surface area contributed by atoms with Gasteiger partial charge in [-0.15, -0.1) is 0 Å². The smallest absolute Gasteiger partial charge is 0.260 e. The average Bonchev–Trinajstić information content (AvgIpc) is 2.73. The van der Waals surface area contributed by atoms with Crippen LogP contribution < -0.4 is 19.4 Å². The zero-order valence-electron chi connectivity index (χ0n) is 18.0. The number of hydrogen-bond acceptors (Lipinski definition) is 6. The Kier molecular flexibility index (Phi) is 8.70. The molecule has 10 heteroatoms. The molecule has 0 fully saturated rings. The summed E-state index contributed by atoms with van der Waals surface area (Å²) in [5.41, 5.74) is 4.51. The summed E-state index contributed by atoms with van der Waals surface area (Å²) in [6.45, 7) is 5.56. The Hall–Kier alpha value is -2.78.